The third-order valence-electron chi connectivity index (χ3n) is 3.80. The summed E-state index contributed by atoms with van der Waals surface area (Å²) in [4.78, 5) is 15.2. The second-order valence-corrected chi connectivity index (χ2v) is 6.05. The van der Waals surface area contributed by atoms with Crippen LogP contribution in [0.1, 0.15) is 37.9 Å². The average molecular weight is 368 g/mol. The number of nitrogens with zero attached hydrogens (tertiary/aromatic N) is 1. The van der Waals surface area contributed by atoms with Gasteiger partial charge in [-0.3, -0.25) is 4.79 Å². The minimum absolute atomic E-state index is 0.0520. The number of nitrogens with one attached hydrogen (secondary N) is 2. The summed E-state index contributed by atoms with van der Waals surface area (Å²) in [7, 11) is 0. The molecule has 1 atom stereocenters. The molecule has 0 spiro atoms. The standard InChI is InChI=1S/C15H13Cl2N3O2.C2H6/c1-7-6-19-11(21)4-8-12-10(22-3-2-18)5-9(16)13(17)15(12)20-14(7)8;1-2/h5,7,20H,3-4,6H2,1H3,(H,19,21);1-2H3. The second kappa shape index (κ2) is 7.78. The zero-order valence-electron chi connectivity index (χ0n) is 13.8. The molecule has 0 bridgehead atoms. The van der Waals surface area contributed by atoms with Crippen LogP contribution in [0.4, 0.5) is 0 Å². The Labute approximate surface area is 150 Å². The van der Waals surface area contributed by atoms with Gasteiger partial charge in [-0.25, -0.2) is 0 Å². The quantitative estimate of drug-likeness (QED) is 0.835. The molecular weight excluding hydrogens is 349 g/mol. The van der Waals surface area contributed by atoms with Crippen molar-refractivity contribution in [3.05, 3.63) is 27.4 Å². The molecule has 2 N–H and O–H groups in total. The first-order chi connectivity index (χ1) is 11.5. The Hall–Kier alpha value is -1.90. The fourth-order valence-corrected chi connectivity index (χ4v) is 3.17. The van der Waals surface area contributed by atoms with Gasteiger partial charge < -0.3 is 15.0 Å². The Bertz CT molecular complexity index is 808. The van der Waals surface area contributed by atoms with Crippen molar-refractivity contribution in [2.24, 2.45) is 0 Å². The molecule has 1 aliphatic rings. The van der Waals surface area contributed by atoms with Gasteiger partial charge in [-0.05, 0) is 5.56 Å². The Kier molecular flexibility index (Phi) is 5.98. The summed E-state index contributed by atoms with van der Waals surface area (Å²) in [6.07, 6.45) is 0.237. The minimum atomic E-state index is -0.102. The van der Waals surface area contributed by atoms with E-state index in [1.54, 1.807) is 6.07 Å². The molecule has 128 valence electrons. The number of carbonyl (C=O) groups excluding carboxylic acids is 1. The van der Waals surface area contributed by atoms with E-state index in [9.17, 15) is 4.79 Å². The SMILES string of the molecule is CC.CC1CNC(=O)Cc2c1[nH]c1c(Cl)c(Cl)cc(OCC#N)c21. The summed E-state index contributed by atoms with van der Waals surface area (Å²) in [6.45, 7) is 6.47. The third-order valence-corrected chi connectivity index (χ3v) is 4.59. The van der Waals surface area contributed by atoms with E-state index >= 15 is 0 Å². The van der Waals surface area contributed by atoms with Gasteiger partial charge in [-0.2, -0.15) is 5.26 Å². The molecule has 1 aromatic heterocycles. The summed E-state index contributed by atoms with van der Waals surface area (Å²) in [5.74, 6) is 0.529. The Morgan fingerprint density at radius 2 is 2.12 bits per heavy atom. The van der Waals surface area contributed by atoms with Gasteiger partial charge in [0.1, 0.15) is 11.8 Å². The Morgan fingerprint density at radius 3 is 2.79 bits per heavy atom. The van der Waals surface area contributed by atoms with Gasteiger partial charge >= 0.3 is 0 Å². The molecule has 1 aromatic carbocycles. The van der Waals surface area contributed by atoms with Crippen molar-refractivity contribution in [1.82, 2.24) is 10.3 Å². The summed E-state index contributed by atoms with van der Waals surface area (Å²) in [5, 5.41) is 13.1. The van der Waals surface area contributed by atoms with Crippen LogP contribution in [0.15, 0.2) is 6.07 Å². The van der Waals surface area contributed by atoms with E-state index in [4.69, 9.17) is 33.2 Å². The van der Waals surface area contributed by atoms with Crippen molar-refractivity contribution >= 4 is 40.0 Å². The first-order valence-electron chi connectivity index (χ1n) is 7.81. The zero-order chi connectivity index (χ0) is 17.9. The number of halogens is 2. The van der Waals surface area contributed by atoms with Crippen molar-refractivity contribution < 1.29 is 9.53 Å². The average Bonchev–Trinajstić information content (AvgIpc) is 2.90. The molecule has 0 fully saturated rings. The maximum Gasteiger partial charge on any atom is 0.224 e. The molecule has 0 aliphatic carbocycles. The highest BCUT2D eigenvalue weighted by Crippen LogP contribution is 2.42. The number of carbonyl (C=O) groups is 1. The number of rotatable bonds is 2. The predicted octanol–water partition coefficient (Wildman–Crippen LogP) is 4.18. The van der Waals surface area contributed by atoms with Gasteiger partial charge in [0.25, 0.3) is 0 Å². The van der Waals surface area contributed by atoms with Crippen LogP contribution < -0.4 is 10.1 Å². The summed E-state index contributed by atoms with van der Waals surface area (Å²) < 4.78 is 5.48. The number of aromatic nitrogens is 1. The van der Waals surface area contributed by atoms with Crippen molar-refractivity contribution in [2.75, 3.05) is 13.2 Å². The number of nitriles is 1. The van der Waals surface area contributed by atoms with E-state index in [0.717, 1.165) is 16.6 Å². The lowest BCUT2D eigenvalue weighted by Crippen LogP contribution is -2.25. The smallest absolute Gasteiger partial charge is 0.224 e. The number of aromatic amines is 1. The van der Waals surface area contributed by atoms with E-state index < -0.39 is 0 Å². The monoisotopic (exact) mass is 367 g/mol. The van der Waals surface area contributed by atoms with Crippen LogP contribution >= 0.6 is 23.2 Å². The molecule has 2 heterocycles. The van der Waals surface area contributed by atoms with Gasteiger partial charge in [0.2, 0.25) is 5.91 Å². The number of hydrogen-bond donors (Lipinski definition) is 2. The highest BCUT2D eigenvalue weighted by Gasteiger charge is 2.26. The van der Waals surface area contributed by atoms with Gasteiger partial charge in [0, 0.05) is 29.6 Å². The first kappa shape index (κ1) is 18.4. The lowest BCUT2D eigenvalue weighted by atomic mass is 10.0. The van der Waals surface area contributed by atoms with Gasteiger partial charge in [-0.15, -0.1) is 0 Å². The number of benzene rings is 1. The van der Waals surface area contributed by atoms with Gasteiger partial charge in [0.05, 0.1) is 22.0 Å². The molecule has 5 nitrogen and oxygen atoms in total. The fourth-order valence-electron chi connectivity index (χ4n) is 2.78. The molecule has 0 radical (unpaired) electrons. The molecular formula is C17H19Cl2N3O2. The number of hydrogen-bond acceptors (Lipinski definition) is 3. The van der Waals surface area contributed by atoms with Gasteiger partial charge in [-0.1, -0.05) is 44.0 Å². The van der Waals surface area contributed by atoms with Crippen molar-refractivity contribution in [3.63, 3.8) is 0 Å². The highest BCUT2D eigenvalue weighted by atomic mass is 35.5. The molecule has 24 heavy (non-hydrogen) atoms. The van der Waals surface area contributed by atoms with Crippen molar-refractivity contribution in [3.8, 4) is 11.8 Å². The molecule has 1 unspecified atom stereocenters. The van der Waals surface area contributed by atoms with Crippen molar-refractivity contribution in [1.29, 1.82) is 5.26 Å². The molecule has 0 saturated carbocycles. The van der Waals surface area contributed by atoms with Crippen LogP contribution in [0.25, 0.3) is 10.9 Å². The molecule has 0 saturated heterocycles. The summed E-state index contributed by atoms with van der Waals surface area (Å²) in [6, 6.07) is 3.52. The van der Waals surface area contributed by atoms with E-state index in [2.05, 4.69) is 10.3 Å². The van der Waals surface area contributed by atoms with E-state index in [1.807, 2.05) is 26.8 Å². The van der Waals surface area contributed by atoms with Crippen LogP contribution in [0.5, 0.6) is 5.75 Å². The lowest BCUT2D eigenvalue weighted by molar-refractivity contribution is -0.120. The zero-order valence-corrected chi connectivity index (χ0v) is 15.3. The summed E-state index contributed by atoms with van der Waals surface area (Å²) >= 11 is 12.4. The maximum absolute atomic E-state index is 11.9. The second-order valence-electron chi connectivity index (χ2n) is 5.27. The van der Waals surface area contributed by atoms with Crippen LogP contribution in [0.3, 0.4) is 0 Å². The molecule has 1 aliphatic heterocycles. The Morgan fingerprint density at radius 1 is 1.42 bits per heavy atom. The van der Waals surface area contributed by atoms with Crippen LogP contribution in [-0.4, -0.2) is 24.0 Å². The molecule has 3 rings (SSSR count). The highest BCUT2D eigenvalue weighted by molar-refractivity contribution is 6.45. The number of amides is 1. The van der Waals surface area contributed by atoms with E-state index in [0.29, 0.717) is 27.9 Å². The normalized spacial score (nSPS) is 16.3. The van der Waals surface area contributed by atoms with Gasteiger partial charge in [0.15, 0.2) is 6.61 Å². The number of fused-ring (bicyclic) bond motifs is 3. The maximum atomic E-state index is 11.9. The molecule has 7 heteroatoms. The minimum Gasteiger partial charge on any atom is -0.478 e. The van der Waals surface area contributed by atoms with Crippen LogP contribution in [0, 0.1) is 11.3 Å². The third kappa shape index (κ3) is 3.31. The fraction of sp³-hybridized carbons (Fsp3) is 0.412. The largest absolute Gasteiger partial charge is 0.478 e. The van der Waals surface area contributed by atoms with E-state index in [1.165, 1.54) is 0 Å². The molecule has 2 aromatic rings. The number of H-pyrrole nitrogens is 1. The Balaban J connectivity index is 0.00000100. The van der Waals surface area contributed by atoms with Crippen molar-refractivity contribution in [2.45, 2.75) is 33.1 Å². The van der Waals surface area contributed by atoms with Crippen LogP contribution in [0.2, 0.25) is 10.0 Å². The van der Waals surface area contributed by atoms with E-state index in [-0.39, 0.29) is 24.9 Å². The lowest BCUT2D eigenvalue weighted by Gasteiger charge is -2.08. The first-order valence-corrected chi connectivity index (χ1v) is 8.57. The molecule has 1 amide bonds. The van der Waals surface area contributed by atoms with Crippen LogP contribution in [-0.2, 0) is 11.2 Å². The summed E-state index contributed by atoms with van der Waals surface area (Å²) in [5.41, 5.74) is 2.44. The predicted molar refractivity (Wildman–Crippen MR) is 95.9 cm³/mol. The topological polar surface area (TPSA) is 77.9 Å². The number of ether oxygens (including phenoxy) is 1.